The van der Waals surface area contributed by atoms with E-state index in [2.05, 4.69) is 64.2 Å². The second kappa shape index (κ2) is 9.32. The van der Waals surface area contributed by atoms with Gasteiger partial charge in [0.05, 0.1) is 5.75 Å². The van der Waals surface area contributed by atoms with Gasteiger partial charge in [0.1, 0.15) is 16.2 Å². The van der Waals surface area contributed by atoms with Gasteiger partial charge in [0.25, 0.3) is 0 Å². The minimum absolute atomic E-state index is 0.0181. The first kappa shape index (κ1) is 21.1. The Morgan fingerprint density at radius 1 is 1.17 bits per heavy atom. The second-order valence-corrected chi connectivity index (χ2v) is 9.79. The fourth-order valence-corrected chi connectivity index (χ4v) is 5.60. The third kappa shape index (κ3) is 4.61. The van der Waals surface area contributed by atoms with Gasteiger partial charge in [-0.25, -0.2) is 9.97 Å². The van der Waals surface area contributed by atoms with Gasteiger partial charge in [0, 0.05) is 48.7 Å². The summed E-state index contributed by atoms with van der Waals surface area (Å²) < 4.78 is 0. The van der Waals surface area contributed by atoms with Gasteiger partial charge in [-0.15, -0.1) is 11.3 Å². The van der Waals surface area contributed by atoms with Crippen LogP contribution in [0.1, 0.15) is 16.0 Å². The molecule has 6 nitrogen and oxygen atoms in total. The molecule has 1 fully saturated rings. The highest BCUT2D eigenvalue weighted by molar-refractivity contribution is 8.00. The summed E-state index contributed by atoms with van der Waals surface area (Å²) in [5.74, 6) is 0.362. The van der Waals surface area contributed by atoms with Gasteiger partial charge >= 0.3 is 0 Å². The van der Waals surface area contributed by atoms with E-state index in [1.165, 1.54) is 27.9 Å². The van der Waals surface area contributed by atoms with Gasteiger partial charge < -0.3 is 15.1 Å². The molecule has 0 spiro atoms. The largest absolute Gasteiger partial charge is 0.369 e. The Kier molecular flexibility index (Phi) is 6.55. The lowest BCUT2D eigenvalue weighted by Gasteiger charge is -2.35. The van der Waals surface area contributed by atoms with Gasteiger partial charge in [-0.2, -0.15) is 0 Å². The first-order chi connectivity index (χ1) is 14.5. The third-order valence-electron chi connectivity index (χ3n) is 5.58. The number of rotatable bonds is 6. The maximum Gasteiger partial charge on any atom is 0.230 e. The quantitative estimate of drug-likeness (QED) is 0.467. The SMILES string of the molecule is Cc1sc2ncnc(SCC(=O)NCc3ccccc3N3CCN(C)CC3)c2c1C. The van der Waals surface area contributed by atoms with Crippen LogP contribution in [0.5, 0.6) is 0 Å². The number of thiophene rings is 1. The van der Waals surface area contributed by atoms with Crippen molar-refractivity contribution in [3.63, 3.8) is 0 Å². The molecule has 0 aliphatic carbocycles. The monoisotopic (exact) mass is 441 g/mol. The standard InChI is InChI=1S/C22H27N5OS2/c1-15-16(2)30-22-20(15)21(24-14-25-22)29-13-19(28)23-12-17-6-4-5-7-18(17)27-10-8-26(3)9-11-27/h4-7,14H,8-13H2,1-3H3,(H,23,28). The van der Waals surface area contributed by atoms with Crippen molar-refractivity contribution in [2.45, 2.75) is 25.4 Å². The van der Waals surface area contributed by atoms with Crippen LogP contribution in [0.4, 0.5) is 5.69 Å². The van der Waals surface area contributed by atoms with Crippen molar-refractivity contribution in [1.82, 2.24) is 20.2 Å². The number of piperazine rings is 1. The van der Waals surface area contributed by atoms with E-state index in [1.807, 2.05) is 6.07 Å². The molecule has 4 rings (SSSR count). The maximum absolute atomic E-state index is 12.6. The molecule has 1 saturated heterocycles. The number of nitrogens with zero attached hydrogens (tertiary/aromatic N) is 4. The summed E-state index contributed by atoms with van der Waals surface area (Å²) >= 11 is 3.16. The van der Waals surface area contributed by atoms with Crippen LogP contribution in [0.15, 0.2) is 35.6 Å². The Hall–Kier alpha value is -2.16. The van der Waals surface area contributed by atoms with Gasteiger partial charge in [-0.1, -0.05) is 30.0 Å². The van der Waals surface area contributed by atoms with E-state index in [4.69, 9.17) is 0 Å². The number of fused-ring (bicyclic) bond motifs is 1. The lowest BCUT2D eigenvalue weighted by Crippen LogP contribution is -2.45. The summed E-state index contributed by atoms with van der Waals surface area (Å²) in [7, 11) is 2.16. The number of benzene rings is 1. The number of nitrogens with one attached hydrogen (secondary N) is 1. The summed E-state index contributed by atoms with van der Waals surface area (Å²) in [6.45, 7) is 8.88. The molecule has 1 amide bonds. The number of hydrogen-bond donors (Lipinski definition) is 1. The molecule has 158 valence electrons. The number of thioether (sulfide) groups is 1. The van der Waals surface area contributed by atoms with E-state index in [0.717, 1.165) is 47.0 Å². The molecule has 0 saturated carbocycles. The number of amides is 1. The van der Waals surface area contributed by atoms with Crippen LogP contribution >= 0.6 is 23.1 Å². The molecule has 1 aliphatic heterocycles. The van der Waals surface area contributed by atoms with Crippen molar-refractivity contribution in [3.05, 3.63) is 46.6 Å². The van der Waals surface area contributed by atoms with E-state index in [-0.39, 0.29) is 5.91 Å². The minimum Gasteiger partial charge on any atom is -0.369 e. The molecule has 1 aromatic carbocycles. The van der Waals surface area contributed by atoms with Crippen molar-refractivity contribution in [1.29, 1.82) is 0 Å². The van der Waals surface area contributed by atoms with E-state index < -0.39 is 0 Å². The van der Waals surface area contributed by atoms with Gasteiger partial charge in [-0.05, 0) is 38.1 Å². The normalized spacial score (nSPS) is 15.0. The third-order valence-corrected chi connectivity index (χ3v) is 7.69. The molecule has 0 unspecified atom stereocenters. The number of likely N-dealkylation sites (N-methyl/N-ethyl adjacent to an activating group) is 1. The lowest BCUT2D eigenvalue weighted by molar-refractivity contribution is -0.118. The van der Waals surface area contributed by atoms with Crippen LogP contribution in [0.3, 0.4) is 0 Å². The van der Waals surface area contributed by atoms with E-state index in [9.17, 15) is 4.79 Å². The van der Waals surface area contributed by atoms with Crippen molar-refractivity contribution in [2.24, 2.45) is 0 Å². The highest BCUT2D eigenvalue weighted by Gasteiger charge is 2.17. The Labute approximate surface area is 185 Å². The average molecular weight is 442 g/mol. The van der Waals surface area contributed by atoms with Crippen molar-refractivity contribution in [2.75, 3.05) is 43.9 Å². The number of carbonyl (C=O) groups excluding carboxylic acids is 1. The number of aromatic nitrogens is 2. The summed E-state index contributed by atoms with van der Waals surface area (Å²) in [6.07, 6.45) is 1.59. The van der Waals surface area contributed by atoms with Gasteiger partial charge in [0.2, 0.25) is 5.91 Å². The Morgan fingerprint density at radius 2 is 1.93 bits per heavy atom. The topological polar surface area (TPSA) is 61.4 Å². The molecular formula is C22H27N5OS2. The Bertz CT molecular complexity index is 1040. The molecule has 1 N–H and O–H groups in total. The van der Waals surface area contributed by atoms with Crippen LogP contribution < -0.4 is 10.2 Å². The maximum atomic E-state index is 12.6. The minimum atomic E-state index is 0.0181. The van der Waals surface area contributed by atoms with E-state index >= 15 is 0 Å². The fraction of sp³-hybridized carbons (Fsp3) is 0.409. The van der Waals surface area contributed by atoms with Gasteiger partial charge in [0.15, 0.2) is 0 Å². The zero-order valence-corrected chi connectivity index (χ0v) is 19.3. The predicted octanol–water partition coefficient (Wildman–Crippen LogP) is 3.47. The molecule has 3 heterocycles. The molecule has 30 heavy (non-hydrogen) atoms. The number of aryl methyl sites for hydroxylation is 2. The smallest absolute Gasteiger partial charge is 0.230 e. The zero-order valence-electron chi connectivity index (χ0n) is 17.6. The fourth-order valence-electron chi connectivity index (χ4n) is 3.65. The number of para-hydroxylation sites is 1. The first-order valence-corrected chi connectivity index (χ1v) is 11.9. The van der Waals surface area contributed by atoms with Crippen LogP contribution in [-0.2, 0) is 11.3 Å². The second-order valence-electron chi connectivity index (χ2n) is 7.63. The van der Waals surface area contributed by atoms with E-state index in [1.54, 1.807) is 17.7 Å². The highest BCUT2D eigenvalue weighted by Crippen LogP contribution is 2.34. The van der Waals surface area contributed by atoms with Gasteiger partial charge in [-0.3, -0.25) is 4.79 Å². The molecule has 3 aromatic rings. The molecular weight excluding hydrogens is 414 g/mol. The van der Waals surface area contributed by atoms with Crippen LogP contribution in [0, 0.1) is 13.8 Å². The number of anilines is 1. The zero-order chi connectivity index (χ0) is 21.1. The Balaban J connectivity index is 1.37. The Morgan fingerprint density at radius 3 is 2.73 bits per heavy atom. The summed E-state index contributed by atoms with van der Waals surface area (Å²) in [6, 6.07) is 8.36. The summed E-state index contributed by atoms with van der Waals surface area (Å²) in [5.41, 5.74) is 3.59. The van der Waals surface area contributed by atoms with Crippen LogP contribution in [0.2, 0.25) is 0 Å². The van der Waals surface area contributed by atoms with Crippen LogP contribution in [0.25, 0.3) is 10.2 Å². The predicted molar refractivity (Wildman–Crippen MR) is 126 cm³/mol. The molecule has 2 aromatic heterocycles. The average Bonchev–Trinajstić information content (AvgIpc) is 3.06. The lowest BCUT2D eigenvalue weighted by atomic mass is 10.1. The van der Waals surface area contributed by atoms with E-state index in [0.29, 0.717) is 12.3 Å². The highest BCUT2D eigenvalue weighted by atomic mass is 32.2. The van der Waals surface area contributed by atoms with Crippen molar-refractivity contribution in [3.8, 4) is 0 Å². The van der Waals surface area contributed by atoms with Crippen molar-refractivity contribution >= 4 is 44.9 Å². The molecule has 0 radical (unpaired) electrons. The van der Waals surface area contributed by atoms with Crippen molar-refractivity contribution < 1.29 is 4.79 Å². The number of hydrogen-bond acceptors (Lipinski definition) is 7. The first-order valence-electron chi connectivity index (χ1n) is 10.1. The molecule has 0 bridgehead atoms. The molecule has 0 atom stereocenters. The van der Waals surface area contributed by atoms with Crippen LogP contribution in [-0.4, -0.2) is 59.8 Å². The molecule has 1 aliphatic rings. The number of carbonyl (C=O) groups is 1. The summed E-state index contributed by atoms with van der Waals surface area (Å²) in [5, 5.41) is 5.05. The summed E-state index contributed by atoms with van der Waals surface area (Å²) in [4.78, 5) is 28.3. The molecule has 8 heteroatoms.